The predicted octanol–water partition coefficient (Wildman–Crippen LogP) is 6.23. The molecule has 1 N–H and O–H groups in total. The van der Waals surface area contributed by atoms with Gasteiger partial charge in [0, 0.05) is 0 Å². The van der Waals surface area contributed by atoms with Crippen molar-refractivity contribution < 1.29 is 14.6 Å². The zero-order chi connectivity index (χ0) is 17.9. The highest BCUT2D eigenvalue weighted by Crippen LogP contribution is 2.27. The van der Waals surface area contributed by atoms with E-state index < -0.39 is 12.1 Å². The molecule has 0 heterocycles. The van der Waals surface area contributed by atoms with E-state index in [1.165, 1.54) is 49.7 Å². The van der Waals surface area contributed by atoms with Crippen molar-refractivity contribution in [1.29, 1.82) is 0 Å². The number of carboxylic acid groups (broad SMARTS) is 1. The molecular formula is C22H32O3. The Labute approximate surface area is 152 Å². The van der Waals surface area contributed by atoms with E-state index >= 15 is 0 Å². The van der Waals surface area contributed by atoms with Crippen LogP contribution in [0.15, 0.2) is 30.3 Å². The van der Waals surface area contributed by atoms with Crippen LogP contribution in [0.25, 0.3) is 5.57 Å². The first-order chi connectivity index (χ1) is 12.2. The summed E-state index contributed by atoms with van der Waals surface area (Å²) in [6.07, 6.45) is 13.9. The van der Waals surface area contributed by atoms with Gasteiger partial charge in [-0.25, -0.2) is 4.79 Å². The predicted molar refractivity (Wildman–Crippen MR) is 103 cm³/mol. The number of carboxylic acids is 1. The molecule has 0 saturated heterocycles. The molecule has 1 atom stereocenters. The highest BCUT2D eigenvalue weighted by atomic mass is 16.5. The maximum absolute atomic E-state index is 11.4. The van der Waals surface area contributed by atoms with Gasteiger partial charge in [0.15, 0.2) is 6.10 Å². The van der Waals surface area contributed by atoms with Crippen LogP contribution in [-0.2, 0) is 4.79 Å². The molecule has 0 aromatic heterocycles. The summed E-state index contributed by atoms with van der Waals surface area (Å²) in [5, 5.41) is 9.39. The van der Waals surface area contributed by atoms with Crippen molar-refractivity contribution >= 4 is 11.5 Å². The first-order valence-electron chi connectivity index (χ1n) is 9.89. The molecule has 3 nitrogen and oxygen atoms in total. The lowest BCUT2D eigenvalue weighted by Crippen LogP contribution is -2.26. The van der Waals surface area contributed by atoms with Crippen LogP contribution in [0.2, 0.25) is 0 Å². The van der Waals surface area contributed by atoms with E-state index in [2.05, 4.69) is 25.1 Å². The second kappa shape index (κ2) is 11.0. The molecule has 2 rings (SSSR count). The summed E-state index contributed by atoms with van der Waals surface area (Å²) in [5.74, 6) is -0.218. The van der Waals surface area contributed by atoms with Crippen LogP contribution in [0.5, 0.6) is 5.75 Å². The van der Waals surface area contributed by atoms with Crippen molar-refractivity contribution in [3.05, 3.63) is 35.9 Å². The number of rotatable bonds is 10. The van der Waals surface area contributed by atoms with Crippen molar-refractivity contribution in [2.24, 2.45) is 0 Å². The minimum atomic E-state index is -0.869. The van der Waals surface area contributed by atoms with Crippen LogP contribution in [0.1, 0.15) is 83.1 Å². The van der Waals surface area contributed by atoms with Crippen molar-refractivity contribution in [3.8, 4) is 5.75 Å². The molecule has 1 aliphatic carbocycles. The Hall–Kier alpha value is -1.77. The molecule has 0 amide bonds. The summed E-state index contributed by atoms with van der Waals surface area (Å²) in [6.45, 7) is 2.18. The van der Waals surface area contributed by atoms with Crippen LogP contribution in [0, 0.1) is 0 Å². The quantitative estimate of drug-likeness (QED) is 0.512. The van der Waals surface area contributed by atoms with E-state index in [9.17, 15) is 9.90 Å². The smallest absolute Gasteiger partial charge is 0.344 e. The van der Waals surface area contributed by atoms with Crippen molar-refractivity contribution in [1.82, 2.24) is 0 Å². The van der Waals surface area contributed by atoms with Gasteiger partial charge in [0.1, 0.15) is 5.75 Å². The maximum Gasteiger partial charge on any atom is 0.344 e. The molecule has 1 unspecified atom stereocenters. The van der Waals surface area contributed by atoms with E-state index in [1.807, 2.05) is 12.1 Å². The third kappa shape index (κ3) is 6.93. The molecule has 0 aliphatic heterocycles. The first-order valence-corrected chi connectivity index (χ1v) is 9.89. The molecule has 1 aliphatic rings. The standard InChI is InChI=1S/C22H32O3/c1-2-3-4-5-10-13-21(22(23)24)25-20-16-14-19(15-17-20)18-11-8-6-7-9-12-18/h11,14-17,21H,2-10,12-13H2,1H3,(H,23,24). The SMILES string of the molecule is CCCCCCCC(Oc1ccc(C2=CCCCCC2)cc1)C(=O)O. The second-order valence-electron chi connectivity index (χ2n) is 7.00. The van der Waals surface area contributed by atoms with Gasteiger partial charge in [-0.2, -0.15) is 0 Å². The minimum Gasteiger partial charge on any atom is -0.479 e. The van der Waals surface area contributed by atoms with Crippen LogP contribution >= 0.6 is 0 Å². The largest absolute Gasteiger partial charge is 0.479 e. The van der Waals surface area contributed by atoms with Gasteiger partial charge >= 0.3 is 5.97 Å². The Bertz CT molecular complexity index is 545. The summed E-state index contributed by atoms with van der Waals surface area (Å²) in [7, 11) is 0. The van der Waals surface area contributed by atoms with Gasteiger partial charge < -0.3 is 9.84 Å². The van der Waals surface area contributed by atoms with Gasteiger partial charge in [-0.3, -0.25) is 0 Å². The molecule has 0 saturated carbocycles. The normalized spacial score (nSPS) is 16.0. The fourth-order valence-electron chi connectivity index (χ4n) is 3.36. The van der Waals surface area contributed by atoms with E-state index in [-0.39, 0.29) is 0 Å². The molecule has 0 radical (unpaired) electrons. The van der Waals surface area contributed by atoms with Gasteiger partial charge in [-0.05, 0) is 61.8 Å². The van der Waals surface area contributed by atoms with Crippen LogP contribution in [0.3, 0.4) is 0 Å². The fourth-order valence-corrected chi connectivity index (χ4v) is 3.36. The van der Waals surface area contributed by atoms with Crippen molar-refractivity contribution in [2.45, 2.75) is 83.7 Å². The van der Waals surface area contributed by atoms with Crippen LogP contribution in [0.4, 0.5) is 0 Å². The number of unbranched alkanes of at least 4 members (excludes halogenated alkanes) is 4. The monoisotopic (exact) mass is 344 g/mol. The third-order valence-corrected chi connectivity index (χ3v) is 4.89. The van der Waals surface area contributed by atoms with Crippen molar-refractivity contribution in [3.63, 3.8) is 0 Å². The van der Waals surface area contributed by atoms with Gasteiger partial charge in [-0.1, -0.05) is 57.2 Å². The molecule has 0 fully saturated rings. The van der Waals surface area contributed by atoms with E-state index in [4.69, 9.17) is 4.74 Å². The lowest BCUT2D eigenvalue weighted by Gasteiger charge is -2.16. The minimum absolute atomic E-state index is 0.575. The van der Waals surface area contributed by atoms with Gasteiger partial charge in [0.2, 0.25) is 0 Å². The van der Waals surface area contributed by atoms with Gasteiger partial charge in [-0.15, -0.1) is 0 Å². The molecule has 0 spiro atoms. The molecule has 138 valence electrons. The zero-order valence-corrected chi connectivity index (χ0v) is 15.5. The molecule has 25 heavy (non-hydrogen) atoms. The molecular weight excluding hydrogens is 312 g/mol. The van der Waals surface area contributed by atoms with E-state index in [0.717, 1.165) is 25.7 Å². The van der Waals surface area contributed by atoms with E-state index in [1.54, 1.807) is 0 Å². The van der Waals surface area contributed by atoms with E-state index in [0.29, 0.717) is 12.2 Å². The summed E-state index contributed by atoms with van der Waals surface area (Å²) in [6, 6.07) is 7.95. The average molecular weight is 344 g/mol. The topological polar surface area (TPSA) is 46.5 Å². The maximum atomic E-state index is 11.4. The van der Waals surface area contributed by atoms with Gasteiger partial charge in [0.05, 0.1) is 0 Å². The molecule has 3 heteroatoms. The van der Waals surface area contributed by atoms with Gasteiger partial charge in [0.25, 0.3) is 0 Å². The number of benzene rings is 1. The number of hydrogen-bond donors (Lipinski definition) is 1. The average Bonchev–Trinajstić information content (AvgIpc) is 2.90. The highest BCUT2D eigenvalue weighted by Gasteiger charge is 2.19. The summed E-state index contributed by atoms with van der Waals surface area (Å²) in [4.78, 5) is 11.4. The number of ether oxygens (including phenoxy) is 1. The highest BCUT2D eigenvalue weighted by molar-refractivity contribution is 5.72. The lowest BCUT2D eigenvalue weighted by atomic mass is 10.0. The first kappa shape index (κ1) is 19.6. The number of carbonyl (C=O) groups is 1. The van der Waals surface area contributed by atoms with Crippen LogP contribution in [-0.4, -0.2) is 17.2 Å². The Kier molecular flexibility index (Phi) is 8.58. The Balaban J connectivity index is 1.88. The Morgan fingerprint density at radius 3 is 2.56 bits per heavy atom. The second-order valence-corrected chi connectivity index (χ2v) is 7.00. The number of allylic oxidation sites excluding steroid dienone is 2. The lowest BCUT2D eigenvalue weighted by molar-refractivity contribution is -0.145. The Morgan fingerprint density at radius 1 is 1.08 bits per heavy atom. The third-order valence-electron chi connectivity index (χ3n) is 4.89. The summed E-state index contributed by atoms with van der Waals surface area (Å²) >= 11 is 0. The zero-order valence-electron chi connectivity index (χ0n) is 15.5. The molecule has 1 aromatic carbocycles. The molecule has 1 aromatic rings. The number of hydrogen-bond acceptors (Lipinski definition) is 2. The molecule has 0 bridgehead atoms. The fraction of sp³-hybridized carbons (Fsp3) is 0.591. The summed E-state index contributed by atoms with van der Waals surface area (Å²) in [5.41, 5.74) is 2.65. The number of aliphatic carboxylic acids is 1. The summed E-state index contributed by atoms with van der Waals surface area (Å²) < 4.78 is 5.73. The van der Waals surface area contributed by atoms with Crippen LogP contribution < -0.4 is 4.74 Å². The van der Waals surface area contributed by atoms with Crippen molar-refractivity contribution in [2.75, 3.05) is 0 Å². The Morgan fingerprint density at radius 2 is 1.84 bits per heavy atom.